The molecule has 0 aromatic carbocycles. The van der Waals surface area contributed by atoms with Gasteiger partial charge in [0.15, 0.2) is 0 Å². The highest BCUT2D eigenvalue weighted by atomic mass is 15.2. The maximum Gasteiger partial charge on any atom is 0.0249 e. The van der Waals surface area contributed by atoms with Crippen LogP contribution < -0.4 is 5.32 Å². The van der Waals surface area contributed by atoms with E-state index in [0.717, 1.165) is 24.5 Å². The summed E-state index contributed by atoms with van der Waals surface area (Å²) >= 11 is 0. The number of likely N-dealkylation sites (N-methyl/N-ethyl adjacent to an activating group) is 1. The van der Waals surface area contributed by atoms with Crippen LogP contribution in [0.1, 0.15) is 79.6 Å². The second-order valence-corrected chi connectivity index (χ2v) is 6.96. The van der Waals surface area contributed by atoms with Crippen molar-refractivity contribution in [2.45, 2.75) is 97.7 Å². The molecule has 20 heavy (non-hydrogen) atoms. The first-order valence-electron chi connectivity index (χ1n) is 9.13. The third-order valence-electron chi connectivity index (χ3n) is 4.74. The van der Waals surface area contributed by atoms with Gasteiger partial charge in [0.2, 0.25) is 0 Å². The van der Waals surface area contributed by atoms with Gasteiger partial charge in [-0.2, -0.15) is 0 Å². The van der Waals surface area contributed by atoms with Gasteiger partial charge in [0.25, 0.3) is 0 Å². The molecular formula is C18H38N2. The first kappa shape index (κ1) is 18.0. The topological polar surface area (TPSA) is 15.3 Å². The number of hydrogen-bond donors (Lipinski definition) is 1. The highest BCUT2D eigenvalue weighted by Crippen LogP contribution is 2.28. The van der Waals surface area contributed by atoms with E-state index in [9.17, 15) is 0 Å². The fourth-order valence-corrected chi connectivity index (χ4v) is 3.97. The average molecular weight is 283 g/mol. The number of nitrogens with one attached hydrogen (secondary N) is 1. The zero-order valence-corrected chi connectivity index (χ0v) is 14.6. The Balaban J connectivity index is 2.80. The Labute approximate surface area is 127 Å². The van der Waals surface area contributed by atoms with E-state index in [1.807, 2.05) is 0 Å². The Kier molecular flexibility index (Phi) is 8.79. The molecule has 0 radical (unpaired) electrons. The monoisotopic (exact) mass is 282 g/mol. The Hall–Kier alpha value is -0.0800. The Morgan fingerprint density at radius 2 is 1.75 bits per heavy atom. The minimum atomic E-state index is 0.675. The van der Waals surface area contributed by atoms with Crippen LogP contribution in [-0.2, 0) is 0 Å². The maximum absolute atomic E-state index is 3.77. The number of hydrogen-bond acceptors (Lipinski definition) is 2. The molecule has 1 aliphatic carbocycles. The van der Waals surface area contributed by atoms with Crippen LogP contribution in [0, 0.1) is 5.92 Å². The summed E-state index contributed by atoms with van der Waals surface area (Å²) in [7, 11) is 0. The van der Waals surface area contributed by atoms with Gasteiger partial charge in [0.1, 0.15) is 0 Å². The molecule has 2 atom stereocenters. The molecule has 0 spiro atoms. The largest absolute Gasteiger partial charge is 0.313 e. The Bertz CT molecular complexity index is 228. The molecule has 0 bridgehead atoms. The van der Waals surface area contributed by atoms with Gasteiger partial charge < -0.3 is 5.32 Å². The third kappa shape index (κ3) is 5.37. The van der Waals surface area contributed by atoms with E-state index in [1.54, 1.807) is 0 Å². The van der Waals surface area contributed by atoms with Crippen LogP contribution >= 0.6 is 0 Å². The molecule has 2 nitrogen and oxygen atoms in total. The summed E-state index contributed by atoms with van der Waals surface area (Å²) in [4.78, 5) is 2.88. The van der Waals surface area contributed by atoms with E-state index < -0.39 is 0 Å². The molecule has 2 unspecified atom stereocenters. The lowest BCUT2D eigenvalue weighted by Crippen LogP contribution is -2.54. The van der Waals surface area contributed by atoms with Crippen molar-refractivity contribution in [3.63, 3.8) is 0 Å². The van der Waals surface area contributed by atoms with E-state index in [2.05, 4.69) is 44.8 Å². The van der Waals surface area contributed by atoms with Gasteiger partial charge in [-0.3, -0.25) is 4.90 Å². The van der Waals surface area contributed by atoms with E-state index in [-0.39, 0.29) is 0 Å². The standard InChI is InChI=1S/C18H38N2/c1-6-11-17(19-8-3)18(7-2)20(14-15(4)5)16-12-9-10-13-16/h15-19H,6-14H2,1-5H3. The van der Waals surface area contributed by atoms with Crippen LogP contribution in [0.2, 0.25) is 0 Å². The molecule has 1 aliphatic rings. The molecule has 1 N–H and O–H groups in total. The smallest absolute Gasteiger partial charge is 0.0249 e. The predicted molar refractivity (Wildman–Crippen MR) is 90.3 cm³/mol. The molecule has 1 saturated carbocycles. The van der Waals surface area contributed by atoms with E-state index in [1.165, 1.54) is 51.5 Å². The molecule has 1 fully saturated rings. The first-order chi connectivity index (χ1) is 9.63. The zero-order chi connectivity index (χ0) is 15.0. The van der Waals surface area contributed by atoms with Crippen molar-refractivity contribution >= 4 is 0 Å². The van der Waals surface area contributed by atoms with Gasteiger partial charge >= 0.3 is 0 Å². The lowest BCUT2D eigenvalue weighted by Gasteiger charge is -2.42. The highest BCUT2D eigenvalue weighted by molar-refractivity contribution is 4.89. The van der Waals surface area contributed by atoms with Gasteiger partial charge in [-0.25, -0.2) is 0 Å². The summed E-state index contributed by atoms with van der Waals surface area (Å²) in [6.07, 6.45) is 9.61. The Morgan fingerprint density at radius 3 is 2.20 bits per heavy atom. The van der Waals surface area contributed by atoms with Crippen LogP contribution in [0.25, 0.3) is 0 Å². The number of nitrogens with zero attached hydrogens (tertiary/aromatic N) is 1. The quantitative estimate of drug-likeness (QED) is 0.637. The van der Waals surface area contributed by atoms with E-state index in [4.69, 9.17) is 0 Å². The molecule has 0 amide bonds. The zero-order valence-electron chi connectivity index (χ0n) is 14.6. The second kappa shape index (κ2) is 9.78. The molecule has 0 heterocycles. The second-order valence-electron chi connectivity index (χ2n) is 6.96. The van der Waals surface area contributed by atoms with Crippen molar-refractivity contribution in [3.05, 3.63) is 0 Å². The van der Waals surface area contributed by atoms with E-state index in [0.29, 0.717) is 6.04 Å². The molecule has 2 heteroatoms. The minimum absolute atomic E-state index is 0.675. The summed E-state index contributed by atoms with van der Waals surface area (Å²) in [6, 6.07) is 2.25. The Morgan fingerprint density at radius 1 is 1.10 bits per heavy atom. The lowest BCUT2D eigenvalue weighted by atomic mass is 9.95. The van der Waals surface area contributed by atoms with Crippen molar-refractivity contribution < 1.29 is 0 Å². The summed E-state index contributed by atoms with van der Waals surface area (Å²) in [5, 5.41) is 3.77. The molecular weight excluding hydrogens is 244 g/mol. The summed E-state index contributed by atoms with van der Waals surface area (Å²) in [6.45, 7) is 14.1. The van der Waals surface area contributed by atoms with Crippen molar-refractivity contribution in [1.82, 2.24) is 10.2 Å². The molecule has 0 aliphatic heterocycles. The van der Waals surface area contributed by atoms with Crippen LogP contribution in [0.3, 0.4) is 0 Å². The van der Waals surface area contributed by atoms with Crippen molar-refractivity contribution in [2.75, 3.05) is 13.1 Å². The van der Waals surface area contributed by atoms with Crippen molar-refractivity contribution in [3.8, 4) is 0 Å². The summed E-state index contributed by atoms with van der Waals surface area (Å²) < 4.78 is 0. The molecule has 0 aromatic heterocycles. The average Bonchev–Trinajstić information content (AvgIpc) is 2.92. The van der Waals surface area contributed by atoms with E-state index >= 15 is 0 Å². The number of rotatable bonds is 10. The minimum Gasteiger partial charge on any atom is -0.313 e. The third-order valence-corrected chi connectivity index (χ3v) is 4.74. The normalized spacial score (nSPS) is 19.9. The predicted octanol–water partition coefficient (Wildman–Crippen LogP) is 4.44. The van der Waals surface area contributed by atoms with Crippen LogP contribution in [0.4, 0.5) is 0 Å². The highest BCUT2D eigenvalue weighted by Gasteiger charge is 2.32. The van der Waals surface area contributed by atoms with Gasteiger partial charge in [-0.15, -0.1) is 0 Å². The van der Waals surface area contributed by atoms with Gasteiger partial charge in [0, 0.05) is 24.7 Å². The first-order valence-corrected chi connectivity index (χ1v) is 9.13. The van der Waals surface area contributed by atoms with Crippen LogP contribution in [0.5, 0.6) is 0 Å². The van der Waals surface area contributed by atoms with Gasteiger partial charge in [-0.05, 0) is 38.1 Å². The lowest BCUT2D eigenvalue weighted by molar-refractivity contribution is 0.0856. The summed E-state index contributed by atoms with van der Waals surface area (Å²) in [5.74, 6) is 0.772. The van der Waals surface area contributed by atoms with Crippen molar-refractivity contribution in [2.24, 2.45) is 5.92 Å². The molecule has 1 rings (SSSR count). The molecule has 120 valence electrons. The maximum atomic E-state index is 3.77. The van der Waals surface area contributed by atoms with Gasteiger partial charge in [-0.1, -0.05) is 53.9 Å². The van der Waals surface area contributed by atoms with Crippen LogP contribution in [0.15, 0.2) is 0 Å². The van der Waals surface area contributed by atoms with Crippen molar-refractivity contribution in [1.29, 1.82) is 0 Å². The summed E-state index contributed by atoms with van der Waals surface area (Å²) in [5.41, 5.74) is 0. The van der Waals surface area contributed by atoms with Gasteiger partial charge in [0.05, 0.1) is 0 Å². The SMILES string of the molecule is CCCC(NCC)C(CC)N(CC(C)C)C1CCCC1. The fourth-order valence-electron chi connectivity index (χ4n) is 3.97. The van der Waals surface area contributed by atoms with Crippen LogP contribution in [-0.4, -0.2) is 36.1 Å². The molecule has 0 aromatic rings. The fraction of sp³-hybridized carbons (Fsp3) is 1.00. The molecule has 0 saturated heterocycles.